The van der Waals surface area contributed by atoms with Crippen LogP contribution in [-0.2, 0) is 4.79 Å². The molecule has 4 rings (SSSR count). The molecule has 11 heteroatoms. The fourth-order valence-corrected chi connectivity index (χ4v) is 3.94. The number of benzene rings is 2. The van der Waals surface area contributed by atoms with Gasteiger partial charge >= 0.3 is 6.61 Å². The zero-order chi connectivity index (χ0) is 24.6. The smallest absolute Gasteiger partial charge is 0.387 e. The number of anilines is 1. The van der Waals surface area contributed by atoms with Crippen LogP contribution in [0.2, 0.25) is 0 Å². The van der Waals surface area contributed by atoms with Crippen molar-refractivity contribution < 1.29 is 23.0 Å². The molecule has 2 heterocycles. The SMILES string of the molecule is CCOc1ccc(-n2c(SCC(=O)Nc3ccc(OC(F)F)cc3)nnc2-c2cccnc2)cc1. The van der Waals surface area contributed by atoms with Gasteiger partial charge < -0.3 is 14.8 Å². The Morgan fingerprint density at radius 1 is 1.06 bits per heavy atom. The zero-order valence-electron chi connectivity index (χ0n) is 18.6. The van der Waals surface area contributed by atoms with Gasteiger partial charge in [-0.15, -0.1) is 10.2 Å². The molecule has 0 radical (unpaired) electrons. The highest BCUT2D eigenvalue weighted by Gasteiger charge is 2.18. The lowest BCUT2D eigenvalue weighted by atomic mass is 10.2. The predicted octanol–water partition coefficient (Wildman–Crippen LogP) is 5.06. The number of alkyl halides is 2. The number of hydrogen-bond acceptors (Lipinski definition) is 7. The topological polar surface area (TPSA) is 91.2 Å². The molecule has 180 valence electrons. The van der Waals surface area contributed by atoms with Crippen molar-refractivity contribution in [3.8, 4) is 28.6 Å². The van der Waals surface area contributed by atoms with Crippen LogP contribution in [0.25, 0.3) is 17.1 Å². The lowest BCUT2D eigenvalue weighted by molar-refractivity contribution is -0.113. The van der Waals surface area contributed by atoms with Crippen LogP contribution in [-0.4, -0.2) is 44.6 Å². The third-order valence-electron chi connectivity index (χ3n) is 4.65. The Kier molecular flexibility index (Phi) is 7.88. The number of hydrogen-bond donors (Lipinski definition) is 1. The van der Waals surface area contributed by atoms with Crippen molar-refractivity contribution in [2.24, 2.45) is 0 Å². The van der Waals surface area contributed by atoms with Crippen LogP contribution in [0.3, 0.4) is 0 Å². The van der Waals surface area contributed by atoms with Crippen LogP contribution in [0.5, 0.6) is 11.5 Å². The first-order valence-electron chi connectivity index (χ1n) is 10.6. The molecule has 1 amide bonds. The lowest BCUT2D eigenvalue weighted by Gasteiger charge is -2.11. The molecule has 0 spiro atoms. The second-order valence-corrected chi connectivity index (χ2v) is 7.99. The molecule has 8 nitrogen and oxygen atoms in total. The Morgan fingerprint density at radius 3 is 2.46 bits per heavy atom. The van der Waals surface area contributed by atoms with E-state index in [1.165, 1.54) is 36.0 Å². The third-order valence-corrected chi connectivity index (χ3v) is 5.58. The highest BCUT2D eigenvalue weighted by molar-refractivity contribution is 7.99. The zero-order valence-corrected chi connectivity index (χ0v) is 19.4. The molecule has 0 bridgehead atoms. The number of thioether (sulfide) groups is 1. The molecular formula is C24H21F2N5O3S. The maximum absolute atomic E-state index is 12.5. The summed E-state index contributed by atoms with van der Waals surface area (Å²) in [6.07, 6.45) is 3.37. The van der Waals surface area contributed by atoms with Crippen molar-refractivity contribution in [1.29, 1.82) is 0 Å². The molecule has 35 heavy (non-hydrogen) atoms. The molecule has 0 saturated heterocycles. The fourth-order valence-electron chi connectivity index (χ4n) is 3.18. The Hall–Kier alpha value is -3.99. The van der Waals surface area contributed by atoms with Gasteiger partial charge in [0.25, 0.3) is 0 Å². The Labute approximate surface area is 204 Å². The summed E-state index contributed by atoms with van der Waals surface area (Å²) < 4.78 is 36.3. The van der Waals surface area contributed by atoms with Gasteiger partial charge in [0, 0.05) is 29.3 Å². The number of carbonyl (C=O) groups is 1. The summed E-state index contributed by atoms with van der Waals surface area (Å²) in [6.45, 7) is -0.430. The summed E-state index contributed by atoms with van der Waals surface area (Å²) in [6, 6.07) is 16.9. The highest BCUT2D eigenvalue weighted by atomic mass is 32.2. The maximum atomic E-state index is 12.5. The molecule has 0 unspecified atom stereocenters. The first-order chi connectivity index (χ1) is 17.0. The summed E-state index contributed by atoms with van der Waals surface area (Å²) in [7, 11) is 0. The first-order valence-corrected chi connectivity index (χ1v) is 11.6. The first kappa shape index (κ1) is 24.1. The number of nitrogens with zero attached hydrogens (tertiary/aromatic N) is 4. The normalized spacial score (nSPS) is 10.9. The van der Waals surface area contributed by atoms with E-state index in [1.54, 1.807) is 12.4 Å². The van der Waals surface area contributed by atoms with Gasteiger partial charge in [-0.2, -0.15) is 8.78 Å². The summed E-state index contributed by atoms with van der Waals surface area (Å²) >= 11 is 1.21. The molecule has 0 aliphatic heterocycles. The van der Waals surface area contributed by atoms with Gasteiger partial charge in [0.2, 0.25) is 5.91 Å². The number of amides is 1. The third kappa shape index (κ3) is 6.33. The average Bonchev–Trinajstić information content (AvgIpc) is 3.29. The van der Waals surface area contributed by atoms with Crippen LogP contribution in [0.4, 0.5) is 14.5 Å². The lowest BCUT2D eigenvalue weighted by Crippen LogP contribution is -2.14. The number of ether oxygens (including phenoxy) is 2. The minimum absolute atomic E-state index is 0.0127. The molecular weight excluding hydrogens is 476 g/mol. The van der Waals surface area contributed by atoms with Crippen molar-refractivity contribution in [3.63, 3.8) is 0 Å². The number of aromatic nitrogens is 4. The minimum Gasteiger partial charge on any atom is -0.494 e. The number of pyridine rings is 1. The molecule has 4 aromatic rings. The van der Waals surface area contributed by atoms with E-state index in [0.717, 1.165) is 17.0 Å². The fraction of sp³-hybridized carbons (Fsp3) is 0.167. The largest absolute Gasteiger partial charge is 0.494 e. The summed E-state index contributed by atoms with van der Waals surface area (Å²) in [5, 5.41) is 11.9. The Bertz CT molecular complexity index is 1250. The monoisotopic (exact) mass is 497 g/mol. The standard InChI is InChI=1S/C24H21F2N5O3S/c1-2-33-19-11-7-18(8-12-19)31-22(16-4-3-13-27-14-16)29-30-24(31)35-15-21(32)28-17-5-9-20(10-6-17)34-23(25)26/h3-14,23H,2,15H2,1H3,(H,28,32). The summed E-state index contributed by atoms with van der Waals surface area (Å²) in [4.78, 5) is 16.7. The summed E-state index contributed by atoms with van der Waals surface area (Å²) in [5.74, 6) is 1.10. The van der Waals surface area contributed by atoms with Gasteiger partial charge in [-0.3, -0.25) is 14.3 Å². The second-order valence-electron chi connectivity index (χ2n) is 7.05. The van der Waals surface area contributed by atoms with E-state index in [1.807, 2.05) is 47.9 Å². The quantitative estimate of drug-likeness (QED) is 0.306. The number of rotatable bonds is 10. The molecule has 0 atom stereocenters. The molecule has 0 aliphatic carbocycles. The predicted molar refractivity (Wildman–Crippen MR) is 128 cm³/mol. The van der Waals surface area contributed by atoms with Gasteiger partial charge in [0.15, 0.2) is 11.0 Å². The molecule has 0 fully saturated rings. The van der Waals surface area contributed by atoms with Gasteiger partial charge in [-0.05, 0) is 67.6 Å². The Morgan fingerprint density at radius 2 is 1.80 bits per heavy atom. The molecule has 0 saturated carbocycles. The number of carbonyl (C=O) groups excluding carboxylic acids is 1. The van der Waals surface area contributed by atoms with E-state index in [4.69, 9.17) is 4.74 Å². The van der Waals surface area contributed by atoms with Crippen molar-refractivity contribution >= 4 is 23.4 Å². The average molecular weight is 498 g/mol. The molecule has 2 aromatic heterocycles. The van der Waals surface area contributed by atoms with Crippen molar-refractivity contribution in [1.82, 2.24) is 19.7 Å². The van der Waals surface area contributed by atoms with Gasteiger partial charge in [-0.25, -0.2) is 0 Å². The van der Waals surface area contributed by atoms with Gasteiger partial charge in [-0.1, -0.05) is 11.8 Å². The molecule has 2 aromatic carbocycles. The van der Waals surface area contributed by atoms with Crippen molar-refractivity contribution in [2.75, 3.05) is 17.7 Å². The van der Waals surface area contributed by atoms with E-state index in [2.05, 4.69) is 25.2 Å². The van der Waals surface area contributed by atoms with E-state index in [9.17, 15) is 13.6 Å². The highest BCUT2D eigenvalue weighted by Crippen LogP contribution is 2.29. The van der Waals surface area contributed by atoms with Crippen molar-refractivity contribution in [3.05, 3.63) is 73.1 Å². The van der Waals surface area contributed by atoms with E-state index < -0.39 is 6.61 Å². The number of halogens is 2. The van der Waals surface area contributed by atoms with E-state index >= 15 is 0 Å². The van der Waals surface area contributed by atoms with Crippen LogP contribution in [0.15, 0.2) is 78.2 Å². The van der Waals surface area contributed by atoms with E-state index in [-0.39, 0.29) is 17.4 Å². The number of nitrogens with one attached hydrogen (secondary N) is 1. The van der Waals surface area contributed by atoms with Crippen molar-refractivity contribution in [2.45, 2.75) is 18.7 Å². The molecule has 0 aliphatic rings. The van der Waals surface area contributed by atoms with E-state index in [0.29, 0.717) is 23.3 Å². The van der Waals surface area contributed by atoms with Crippen LogP contribution in [0.1, 0.15) is 6.92 Å². The van der Waals surface area contributed by atoms with Gasteiger partial charge in [0.1, 0.15) is 11.5 Å². The van der Waals surface area contributed by atoms with Crippen LogP contribution >= 0.6 is 11.8 Å². The minimum atomic E-state index is -2.91. The van der Waals surface area contributed by atoms with Gasteiger partial charge in [0.05, 0.1) is 12.4 Å². The molecule has 1 N–H and O–H groups in total. The summed E-state index contributed by atoms with van der Waals surface area (Å²) in [5.41, 5.74) is 2.03. The maximum Gasteiger partial charge on any atom is 0.387 e. The van der Waals surface area contributed by atoms with Crippen LogP contribution in [0, 0.1) is 0 Å². The second kappa shape index (κ2) is 11.4. The Balaban J connectivity index is 1.51. The van der Waals surface area contributed by atoms with Crippen LogP contribution < -0.4 is 14.8 Å².